The van der Waals surface area contributed by atoms with Crippen LogP contribution >= 0.6 is 15.9 Å². The molecule has 0 atom stereocenters. The molecule has 0 aliphatic carbocycles. The lowest BCUT2D eigenvalue weighted by atomic mass is 10.1. The summed E-state index contributed by atoms with van der Waals surface area (Å²) in [5, 5.41) is 12.0. The molecule has 15 heavy (non-hydrogen) atoms. The lowest BCUT2D eigenvalue weighted by Crippen LogP contribution is -1.81. The lowest BCUT2D eigenvalue weighted by Gasteiger charge is -1.98. The Morgan fingerprint density at radius 2 is 2.20 bits per heavy atom. The first-order chi connectivity index (χ1) is 7.20. The Bertz CT molecular complexity index is 545. The molecule has 0 bridgehead atoms. The molecule has 0 saturated heterocycles. The maximum absolute atomic E-state index is 13.4. The van der Waals surface area contributed by atoms with Gasteiger partial charge >= 0.3 is 0 Å². The molecular weight excluding hydrogens is 263 g/mol. The van der Waals surface area contributed by atoms with Gasteiger partial charge in [0.2, 0.25) is 0 Å². The van der Waals surface area contributed by atoms with Crippen LogP contribution < -0.4 is 0 Å². The molecular formula is C10H4BrFN2O. The second-order valence-electron chi connectivity index (χ2n) is 2.81. The van der Waals surface area contributed by atoms with Crippen molar-refractivity contribution in [1.82, 2.24) is 5.16 Å². The summed E-state index contributed by atoms with van der Waals surface area (Å²) < 4.78 is 19.0. The van der Waals surface area contributed by atoms with Crippen LogP contribution in [-0.2, 0) is 0 Å². The molecule has 0 aliphatic heterocycles. The van der Waals surface area contributed by atoms with Crippen molar-refractivity contribution in [2.24, 2.45) is 0 Å². The molecule has 0 fully saturated rings. The summed E-state index contributed by atoms with van der Waals surface area (Å²) >= 11 is 3.22. The van der Waals surface area contributed by atoms with Gasteiger partial charge < -0.3 is 4.52 Å². The monoisotopic (exact) mass is 266 g/mol. The highest BCUT2D eigenvalue weighted by atomic mass is 79.9. The fourth-order valence-electron chi connectivity index (χ4n) is 1.14. The summed E-state index contributed by atoms with van der Waals surface area (Å²) in [7, 11) is 0. The second kappa shape index (κ2) is 3.83. The van der Waals surface area contributed by atoms with Crippen molar-refractivity contribution in [2.45, 2.75) is 0 Å². The quantitative estimate of drug-likeness (QED) is 0.797. The van der Waals surface area contributed by atoms with Crippen LogP contribution in [0.2, 0.25) is 0 Å². The van der Waals surface area contributed by atoms with E-state index in [1.54, 1.807) is 12.1 Å². The average molecular weight is 267 g/mol. The highest BCUT2D eigenvalue weighted by molar-refractivity contribution is 9.10. The standard InChI is InChI=1S/C10H4BrFN2O/c11-6-1-2-9(12)8(3-6)10-4-7(5-13)14-15-10/h1-4H. The Balaban J connectivity index is 2.54. The van der Waals surface area contributed by atoms with Gasteiger partial charge in [-0.15, -0.1) is 0 Å². The minimum Gasteiger partial charge on any atom is -0.355 e. The van der Waals surface area contributed by atoms with Gasteiger partial charge in [-0.3, -0.25) is 0 Å². The predicted octanol–water partition coefficient (Wildman–Crippen LogP) is 3.11. The number of halogens is 2. The van der Waals surface area contributed by atoms with Crippen LogP contribution in [-0.4, -0.2) is 5.16 Å². The fourth-order valence-corrected chi connectivity index (χ4v) is 1.50. The van der Waals surface area contributed by atoms with Crippen molar-refractivity contribution in [3.8, 4) is 17.4 Å². The van der Waals surface area contributed by atoms with E-state index in [0.717, 1.165) is 4.47 Å². The van der Waals surface area contributed by atoms with E-state index in [9.17, 15) is 4.39 Å². The number of hydrogen-bond donors (Lipinski definition) is 0. The van der Waals surface area contributed by atoms with E-state index in [0.29, 0.717) is 0 Å². The molecule has 0 radical (unpaired) electrons. The summed E-state index contributed by atoms with van der Waals surface area (Å²) in [5.41, 5.74) is 0.405. The van der Waals surface area contributed by atoms with Crippen LogP contribution in [0.5, 0.6) is 0 Å². The Morgan fingerprint density at radius 3 is 2.87 bits per heavy atom. The molecule has 0 saturated carbocycles. The normalized spacial score (nSPS) is 9.93. The van der Waals surface area contributed by atoms with Crippen LogP contribution in [0, 0.1) is 17.1 Å². The van der Waals surface area contributed by atoms with Gasteiger partial charge in [-0.1, -0.05) is 21.1 Å². The van der Waals surface area contributed by atoms with Gasteiger partial charge in [-0.05, 0) is 18.2 Å². The van der Waals surface area contributed by atoms with Crippen molar-refractivity contribution in [2.75, 3.05) is 0 Å². The highest BCUT2D eigenvalue weighted by Crippen LogP contribution is 2.26. The van der Waals surface area contributed by atoms with E-state index in [2.05, 4.69) is 21.1 Å². The molecule has 74 valence electrons. The minimum atomic E-state index is -0.418. The molecule has 0 unspecified atom stereocenters. The largest absolute Gasteiger partial charge is 0.355 e. The zero-order valence-corrected chi connectivity index (χ0v) is 8.95. The van der Waals surface area contributed by atoms with Gasteiger partial charge in [0, 0.05) is 10.5 Å². The predicted molar refractivity (Wildman–Crippen MR) is 54.3 cm³/mol. The zero-order chi connectivity index (χ0) is 10.8. The molecule has 3 nitrogen and oxygen atoms in total. The third-order valence-corrected chi connectivity index (χ3v) is 2.31. The average Bonchev–Trinajstić information content (AvgIpc) is 2.70. The first kappa shape index (κ1) is 9.87. The molecule has 1 heterocycles. The summed E-state index contributed by atoms with van der Waals surface area (Å²) in [6, 6.07) is 7.67. The Morgan fingerprint density at radius 1 is 1.40 bits per heavy atom. The van der Waals surface area contributed by atoms with Crippen LogP contribution in [0.15, 0.2) is 33.3 Å². The Hall–Kier alpha value is -1.67. The van der Waals surface area contributed by atoms with Crippen LogP contribution in [0.3, 0.4) is 0 Å². The highest BCUT2D eigenvalue weighted by Gasteiger charge is 2.11. The summed E-state index contributed by atoms with van der Waals surface area (Å²) in [5.74, 6) is -0.177. The van der Waals surface area contributed by atoms with Gasteiger partial charge in [0.25, 0.3) is 0 Å². The number of nitrogens with zero attached hydrogens (tertiary/aromatic N) is 2. The summed E-state index contributed by atoms with van der Waals surface area (Å²) in [4.78, 5) is 0. The van der Waals surface area contributed by atoms with Crippen LogP contribution in [0.1, 0.15) is 5.69 Å². The molecule has 0 aliphatic rings. The molecule has 1 aromatic carbocycles. The zero-order valence-electron chi connectivity index (χ0n) is 7.37. The van der Waals surface area contributed by atoms with Gasteiger partial charge in [-0.2, -0.15) is 5.26 Å². The first-order valence-corrected chi connectivity index (χ1v) is 4.82. The van der Waals surface area contributed by atoms with Gasteiger partial charge in [0.15, 0.2) is 11.5 Å². The second-order valence-corrected chi connectivity index (χ2v) is 3.73. The third kappa shape index (κ3) is 1.90. The Labute approximate surface area is 93.2 Å². The molecule has 0 amide bonds. The van der Waals surface area contributed by atoms with Crippen molar-refractivity contribution >= 4 is 15.9 Å². The molecule has 0 N–H and O–H groups in total. The lowest BCUT2D eigenvalue weighted by molar-refractivity contribution is 0.427. The van der Waals surface area contributed by atoms with E-state index in [1.807, 2.05) is 6.07 Å². The topological polar surface area (TPSA) is 49.8 Å². The van der Waals surface area contributed by atoms with Crippen LogP contribution in [0.25, 0.3) is 11.3 Å². The van der Waals surface area contributed by atoms with E-state index in [1.165, 1.54) is 12.1 Å². The van der Waals surface area contributed by atoms with E-state index in [4.69, 9.17) is 9.78 Å². The molecule has 2 aromatic rings. The van der Waals surface area contributed by atoms with E-state index >= 15 is 0 Å². The van der Waals surface area contributed by atoms with Gasteiger partial charge in [0.05, 0.1) is 5.56 Å². The Kier molecular flexibility index (Phi) is 2.52. The smallest absolute Gasteiger partial charge is 0.184 e. The van der Waals surface area contributed by atoms with E-state index in [-0.39, 0.29) is 17.0 Å². The van der Waals surface area contributed by atoms with Crippen molar-refractivity contribution in [3.05, 3.63) is 40.2 Å². The summed E-state index contributed by atoms with van der Waals surface area (Å²) in [6.07, 6.45) is 0. The van der Waals surface area contributed by atoms with Gasteiger partial charge in [0.1, 0.15) is 11.9 Å². The maximum Gasteiger partial charge on any atom is 0.184 e. The number of hydrogen-bond acceptors (Lipinski definition) is 3. The van der Waals surface area contributed by atoms with Crippen molar-refractivity contribution < 1.29 is 8.91 Å². The van der Waals surface area contributed by atoms with Crippen molar-refractivity contribution in [3.63, 3.8) is 0 Å². The first-order valence-electron chi connectivity index (χ1n) is 4.03. The third-order valence-electron chi connectivity index (χ3n) is 1.82. The van der Waals surface area contributed by atoms with E-state index < -0.39 is 5.82 Å². The fraction of sp³-hybridized carbons (Fsp3) is 0. The molecule has 0 spiro atoms. The minimum absolute atomic E-state index is 0.129. The summed E-state index contributed by atoms with van der Waals surface area (Å²) in [6.45, 7) is 0. The van der Waals surface area contributed by atoms with Gasteiger partial charge in [-0.25, -0.2) is 4.39 Å². The SMILES string of the molecule is N#Cc1cc(-c2cc(Br)ccc2F)on1. The molecule has 1 aromatic heterocycles. The van der Waals surface area contributed by atoms with Crippen molar-refractivity contribution in [1.29, 1.82) is 5.26 Å². The molecule has 2 rings (SSSR count). The number of aromatic nitrogens is 1. The number of rotatable bonds is 1. The number of nitriles is 1. The number of benzene rings is 1. The van der Waals surface area contributed by atoms with Crippen LogP contribution in [0.4, 0.5) is 4.39 Å². The maximum atomic E-state index is 13.4. The molecule has 5 heteroatoms.